The zero-order valence-electron chi connectivity index (χ0n) is 12.6. The molecule has 0 aromatic rings. The zero-order valence-corrected chi connectivity index (χ0v) is 12.6. The van der Waals surface area contributed by atoms with Crippen molar-refractivity contribution >= 4 is 17.9 Å². The number of aliphatic carboxylic acids is 1. The Kier molecular flexibility index (Phi) is 5.52. The first-order valence-corrected chi connectivity index (χ1v) is 7.03. The Morgan fingerprint density at radius 1 is 1.24 bits per heavy atom. The second kappa shape index (κ2) is 6.74. The number of carboxylic acids is 1. The van der Waals surface area contributed by atoms with Gasteiger partial charge in [-0.3, -0.25) is 0 Å². The molecule has 0 aliphatic heterocycles. The maximum Gasteiger partial charge on any atom is 0.381 e. The summed E-state index contributed by atoms with van der Waals surface area (Å²) in [6.07, 6.45) is 2.15. The SMILES string of the molecule is C=C(C)C(=O)OOC(=O)C1(C(C)C)CCCCC1C(=O)[O-]. The van der Waals surface area contributed by atoms with Crippen LogP contribution in [0.1, 0.15) is 46.5 Å². The van der Waals surface area contributed by atoms with Gasteiger partial charge in [-0.05, 0) is 25.7 Å². The van der Waals surface area contributed by atoms with Crippen molar-refractivity contribution in [2.75, 3.05) is 0 Å². The molecule has 118 valence electrons. The number of carboxylic acid groups (broad SMARTS) is 1. The fourth-order valence-corrected chi connectivity index (χ4v) is 2.92. The molecule has 2 atom stereocenters. The van der Waals surface area contributed by atoms with Gasteiger partial charge in [0.1, 0.15) is 0 Å². The van der Waals surface area contributed by atoms with Gasteiger partial charge < -0.3 is 9.90 Å². The summed E-state index contributed by atoms with van der Waals surface area (Å²) < 4.78 is 0. The first kappa shape index (κ1) is 17.2. The van der Waals surface area contributed by atoms with Crippen LogP contribution in [0.25, 0.3) is 0 Å². The van der Waals surface area contributed by atoms with Crippen LogP contribution in [0.3, 0.4) is 0 Å². The number of hydrogen-bond acceptors (Lipinski definition) is 6. The highest BCUT2D eigenvalue weighted by atomic mass is 17.2. The van der Waals surface area contributed by atoms with Gasteiger partial charge in [-0.25, -0.2) is 19.4 Å². The fraction of sp³-hybridized carbons (Fsp3) is 0.667. The van der Waals surface area contributed by atoms with Gasteiger partial charge in [0, 0.05) is 17.5 Å². The van der Waals surface area contributed by atoms with Gasteiger partial charge in [0.2, 0.25) is 0 Å². The van der Waals surface area contributed by atoms with Crippen LogP contribution in [0.4, 0.5) is 0 Å². The predicted molar refractivity (Wildman–Crippen MR) is 71.2 cm³/mol. The lowest BCUT2D eigenvalue weighted by molar-refractivity contribution is -0.320. The van der Waals surface area contributed by atoms with E-state index in [4.69, 9.17) is 0 Å². The van der Waals surface area contributed by atoms with Crippen molar-refractivity contribution in [2.24, 2.45) is 17.3 Å². The summed E-state index contributed by atoms with van der Waals surface area (Å²) in [5.74, 6) is -4.19. The molecule has 0 bridgehead atoms. The van der Waals surface area contributed by atoms with Gasteiger partial charge >= 0.3 is 11.9 Å². The van der Waals surface area contributed by atoms with E-state index in [1.165, 1.54) is 6.92 Å². The summed E-state index contributed by atoms with van der Waals surface area (Å²) in [5.41, 5.74) is -1.15. The molecule has 0 radical (unpaired) electrons. The van der Waals surface area contributed by atoms with Crippen molar-refractivity contribution in [3.05, 3.63) is 12.2 Å². The van der Waals surface area contributed by atoms with E-state index in [1.807, 2.05) is 0 Å². The zero-order chi connectivity index (χ0) is 16.2. The van der Waals surface area contributed by atoms with Crippen LogP contribution in [0.2, 0.25) is 0 Å². The van der Waals surface area contributed by atoms with Gasteiger partial charge in [-0.1, -0.05) is 33.3 Å². The van der Waals surface area contributed by atoms with Crippen molar-refractivity contribution in [3.63, 3.8) is 0 Å². The summed E-state index contributed by atoms with van der Waals surface area (Å²) in [6.45, 7) is 8.29. The van der Waals surface area contributed by atoms with E-state index < -0.39 is 29.2 Å². The molecule has 1 aliphatic rings. The Bertz CT molecular complexity index is 453. The Hall–Kier alpha value is -1.85. The molecule has 0 aromatic heterocycles. The minimum atomic E-state index is -1.27. The molecule has 0 heterocycles. The predicted octanol–water partition coefficient (Wildman–Crippen LogP) is 1.15. The van der Waals surface area contributed by atoms with E-state index in [9.17, 15) is 19.5 Å². The van der Waals surface area contributed by atoms with Crippen LogP contribution in [0.15, 0.2) is 12.2 Å². The smallest absolute Gasteiger partial charge is 0.381 e. The minimum absolute atomic E-state index is 0.0847. The van der Waals surface area contributed by atoms with Crippen molar-refractivity contribution in [3.8, 4) is 0 Å². The van der Waals surface area contributed by atoms with Crippen LogP contribution in [-0.2, 0) is 24.2 Å². The topological polar surface area (TPSA) is 92.7 Å². The number of carbonyl (C=O) groups excluding carboxylic acids is 3. The first-order valence-electron chi connectivity index (χ1n) is 7.03. The maximum absolute atomic E-state index is 12.4. The van der Waals surface area contributed by atoms with Crippen molar-refractivity contribution < 1.29 is 29.3 Å². The highest BCUT2D eigenvalue weighted by Crippen LogP contribution is 2.47. The summed E-state index contributed by atoms with van der Waals surface area (Å²) in [5, 5.41) is 11.4. The van der Waals surface area contributed by atoms with E-state index in [1.54, 1.807) is 13.8 Å². The Balaban J connectivity index is 2.97. The van der Waals surface area contributed by atoms with E-state index in [0.717, 1.165) is 0 Å². The Labute approximate surface area is 124 Å². The monoisotopic (exact) mass is 297 g/mol. The average Bonchev–Trinajstić information content (AvgIpc) is 2.43. The molecule has 0 spiro atoms. The van der Waals surface area contributed by atoms with Gasteiger partial charge in [0.05, 0.1) is 5.41 Å². The summed E-state index contributed by atoms with van der Waals surface area (Å²) >= 11 is 0. The lowest BCUT2D eigenvalue weighted by Gasteiger charge is -2.44. The molecule has 0 saturated heterocycles. The highest BCUT2D eigenvalue weighted by molar-refractivity contribution is 5.88. The van der Waals surface area contributed by atoms with Gasteiger partial charge in [0.25, 0.3) is 0 Å². The highest BCUT2D eigenvalue weighted by Gasteiger charge is 2.52. The van der Waals surface area contributed by atoms with Crippen LogP contribution in [-0.4, -0.2) is 17.9 Å². The molecule has 6 nitrogen and oxygen atoms in total. The Morgan fingerprint density at radius 2 is 1.86 bits per heavy atom. The van der Waals surface area contributed by atoms with E-state index >= 15 is 0 Å². The normalized spacial score (nSPS) is 25.2. The van der Waals surface area contributed by atoms with E-state index in [-0.39, 0.29) is 11.5 Å². The van der Waals surface area contributed by atoms with Crippen LogP contribution < -0.4 is 5.11 Å². The third kappa shape index (κ3) is 3.43. The Morgan fingerprint density at radius 3 is 2.33 bits per heavy atom. The number of rotatable bonds is 4. The number of hydrogen-bond donors (Lipinski definition) is 0. The van der Waals surface area contributed by atoms with Crippen molar-refractivity contribution in [1.82, 2.24) is 0 Å². The largest absolute Gasteiger partial charge is 0.550 e. The minimum Gasteiger partial charge on any atom is -0.550 e. The molecule has 1 saturated carbocycles. The molecule has 2 unspecified atom stereocenters. The number of carbonyl (C=O) groups is 3. The third-order valence-corrected chi connectivity index (χ3v) is 4.19. The second-order valence-electron chi connectivity index (χ2n) is 5.83. The first-order chi connectivity index (χ1) is 9.73. The maximum atomic E-state index is 12.4. The van der Waals surface area contributed by atoms with E-state index in [0.29, 0.717) is 25.7 Å². The van der Waals surface area contributed by atoms with Crippen LogP contribution in [0.5, 0.6) is 0 Å². The molecule has 1 fully saturated rings. The molecular weight excluding hydrogens is 276 g/mol. The second-order valence-corrected chi connectivity index (χ2v) is 5.83. The van der Waals surface area contributed by atoms with Crippen molar-refractivity contribution in [2.45, 2.75) is 46.5 Å². The van der Waals surface area contributed by atoms with Gasteiger partial charge in [-0.2, -0.15) is 0 Å². The lowest BCUT2D eigenvalue weighted by atomic mass is 9.60. The lowest BCUT2D eigenvalue weighted by Crippen LogP contribution is -2.53. The molecular formula is C15H21O6-. The molecule has 1 rings (SSSR count). The third-order valence-electron chi connectivity index (χ3n) is 4.19. The molecule has 0 amide bonds. The summed E-state index contributed by atoms with van der Waals surface area (Å²) in [7, 11) is 0. The van der Waals surface area contributed by atoms with Gasteiger partial charge in [0.15, 0.2) is 0 Å². The molecule has 6 heteroatoms. The quantitative estimate of drug-likeness (QED) is 0.439. The fourth-order valence-electron chi connectivity index (χ4n) is 2.92. The van der Waals surface area contributed by atoms with E-state index in [2.05, 4.69) is 16.4 Å². The standard InChI is InChI=1S/C15H22O6/c1-9(2)13(18)20-21-14(19)15(10(3)4)8-6-5-7-11(15)12(16)17/h10-11H,1,5-8H2,2-4H3,(H,16,17)/p-1. The summed E-state index contributed by atoms with van der Waals surface area (Å²) in [4.78, 5) is 44.1. The molecule has 0 N–H and O–H groups in total. The molecule has 21 heavy (non-hydrogen) atoms. The van der Waals surface area contributed by atoms with Crippen LogP contribution in [0, 0.1) is 17.3 Å². The molecule has 0 aromatic carbocycles. The van der Waals surface area contributed by atoms with Crippen LogP contribution >= 0.6 is 0 Å². The average molecular weight is 297 g/mol. The molecule has 1 aliphatic carbocycles. The van der Waals surface area contributed by atoms with Crippen molar-refractivity contribution in [1.29, 1.82) is 0 Å². The van der Waals surface area contributed by atoms with Gasteiger partial charge in [-0.15, -0.1) is 0 Å². The summed E-state index contributed by atoms with van der Waals surface area (Å²) in [6, 6.07) is 0.